The number of rotatable bonds is 12. The molecule has 0 aromatic heterocycles. The van der Waals surface area contributed by atoms with E-state index in [4.69, 9.17) is 14.2 Å². The number of aliphatic hydroxyl groups excluding tert-OH is 1. The van der Waals surface area contributed by atoms with Crippen LogP contribution in [0, 0.1) is 0 Å². The molecule has 0 radical (unpaired) electrons. The average Bonchev–Trinajstić information content (AvgIpc) is 3.11. The van der Waals surface area contributed by atoms with Crippen LogP contribution in [0.25, 0.3) is 5.76 Å². The standard InChI is InChI=1S/C27H33NO7/c1-4-5-6-16-35-20-11-8-18(9-12-20)25(30)23-24(19-10-13-22(34-3)21(29)17-19)28(14-7-15-33-2)27(32)26(23)31/h8-13,17,24,29-30H,4-7,14-16H2,1-3H3/b25-23-. The molecule has 1 fully saturated rings. The molecule has 1 aliphatic rings. The van der Waals surface area contributed by atoms with Crippen molar-refractivity contribution in [3.8, 4) is 17.2 Å². The molecule has 2 aromatic rings. The number of amides is 1. The number of carbonyl (C=O) groups is 2. The van der Waals surface area contributed by atoms with Gasteiger partial charge in [0.1, 0.15) is 11.5 Å². The molecule has 8 heteroatoms. The van der Waals surface area contributed by atoms with Gasteiger partial charge in [-0.05, 0) is 54.8 Å². The number of phenolic OH excluding ortho intramolecular Hbond substituents is 1. The van der Waals surface area contributed by atoms with Crippen LogP contribution in [-0.4, -0.2) is 60.8 Å². The van der Waals surface area contributed by atoms with Gasteiger partial charge in [-0.2, -0.15) is 0 Å². The summed E-state index contributed by atoms with van der Waals surface area (Å²) in [6, 6.07) is 10.6. The highest BCUT2D eigenvalue weighted by Crippen LogP contribution is 2.41. The van der Waals surface area contributed by atoms with Gasteiger partial charge in [-0.3, -0.25) is 9.59 Å². The number of carbonyl (C=O) groups excluding carboxylic acids is 2. The molecule has 2 N–H and O–H groups in total. The van der Waals surface area contributed by atoms with Crippen molar-refractivity contribution < 1.29 is 34.0 Å². The highest BCUT2D eigenvalue weighted by Gasteiger charge is 2.46. The molecular formula is C27H33NO7. The van der Waals surface area contributed by atoms with E-state index in [-0.39, 0.29) is 29.4 Å². The highest BCUT2D eigenvalue weighted by molar-refractivity contribution is 6.46. The van der Waals surface area contributed by atoms with Crippen molar-refractivity contribution in [3.63, 3.8) is 0 Å². The summed E-state index contributed by atoms with van der Waals surface area (Å²) in [6.07, 6.45) is 3.65. The predicted molar refractivity (Wildman–Crippen MR) is 132 cm³/mol. The number of aliphatic hydroxyl groups is 1. The molecule has 8 nitrogen and oxygen atoms in total. The first-order valence-corrected chi connectivity index (χ1v) is 11.8. The molecule has 3 rings (SSSR count). The molecule has 188 valence electrons. The summed E-state index contributed by atoms with van der Waals surface area (Å²) in [5.41, 5.74) is 0.842. The molecule has 0 saturated carbocycles. The summed E-state index contributed by atoms with van der Waals surface area (Å²) in [6.45, 7) is 3.38. The molecule has 35 heavy (non-hydrogen) atoms. The Morgan fingerprint density at radius 2 is 1.74 bits per heavy atom. The number of unbranched alkanes of at least 4 members (excludes halogenated alkanes) is 2. The van der Waals surface area contributed by atoms with Crippen molar-refractivity contribution >= 4 is 17.4 Å². The van der Waals surface area contributed by atoms with Crippen LogP contribution in [-0.2, 0) is 14.3 Å². The third kappa shape index (κ3) is 5.95. The van der Waals surface area contributed by atoms with E-state index >= 15 is 0 Å². The van der Waals surface area contributed by atoms with Crippen LogP contribution in [0.15, 0.2) is 48.0 Å². The lowest BCUT2D eigenvalue weighted by Crippen LogP contribution is -2.31. The van der Waals surface area contributed by atoms with E-state index in [1.54, 1.807) is 43.5 Å². The number of hydrogen-bond donors (Lipinski definition) is 2. The fourth-order valence-corrected chi connectivity index (χ4v) is 4.12. The second-order valence-electron chi connectivity index (χ2n) is 8.35. The largest absolute Gasteiger partial charge is 0.507 e. The summed E-state index contributed by atoms with van der Waals surface area (Å²) in [4.78, 5) is 27.4. The second-order valence-corrected chi connectivity index (χ2v) is 8.35. The Labute approximate surface area is 205 Å². The summed E-state index contributed by atoms with van der Waals surface area (Å²) >= 11 is 0. The number of Topliss-reactive ketones (excluding diaryl/α,β-unsaturated/α-hetero) is 1. The molecule has 0 spiro atoms. The topological polar surface area (TPSA) is 106 Å². The van der Waals surface area contributed by atoms with Crippen LogP contribution in [0.4, 0.5) is 0 Å². The van der Waals surface area contributed by atoms with Gasteiger partial charge < -0.3 is 29.3 Å². The molecule has 2 aromatic carbocycles. The molecule has 1 amide bonds. The van der Waals surface area contributed by atoms with Crippen LogP contribution in [0.3, 0.4) is 0 Å². The lowest BCUT2D eigenvalue weighted by atomic mass is 9.95. The maximum absolute atomic E-state index is 13.1. The first kappa shape index (κ1) is 26.1. The van der Waals surface area contributed by atoms with E-state index in [1.165, 1.54) is 18.1 Å². The number of ether oxygens (including phenoxy) is 3. The lowest BCUT2D eigenvalue weighted by Gasteiger charge is -2.25. The summed E-state index contributed by atoms with van der Waals surface area (Å²) in [7, 11) is 2.99. The second kappa shape index (κ2) is 12.3. The number of methoxy groups -OCH3 is 2. The maximum Gasteiger partial charge on any atom is 0.295 e. The Balaban J connectivity index is 1.98. The number of nitrogens with zero attached hydrogens (tertiary/aromatic N) is 1. The monoisotopic (exact) mass is 483 g/mol. The third-order valence-electron chi connectivity index (χ3n) is 5.95. The minimum atomic E-state index is -0.867. The van der Waals surface area contributed by atoms with E-state index in [1.807, 2.05) is 0 Å². The highest BCUT2D eigenvalue weighted by atomic mass is 16.5. The molecule has 0 bridgehead atoms. The maximum atomic E-state index is 13.1. The zero-order chi connectivity index (χ0) is 25.4. The van der Waals surface area contributed by atoms with Gasteiger partial charge in [-0.1, -0.05) is 25.8 Å². The number of benzene rings is 2. The van der Waals surface area contributed by atoms with E-state index < -0.39 is 17.7 Å². The summed E-state index contributed by atoms with van der Waals surface area (Å²) in [5, 5.41) is 21.5. The molecule has 1 aliphatic heterocycles. The van der Waals surface area contributed by atoms with E-state index in [0.29, 0.717) is 36.5 Å². The van der Waals surface area contributed by atoms with Crippen molar-refractivity contribution in [1.29, 1.82) is 0 Å². The van der Waals surface area contributed by atoms with Gasteiger partial charge in [0, 0.05) is 25.8 Å². The Morgan fingerprint density at radius 1 is 1.00 bits per heavy atom. The Bertz CT molecular complexity index is 1060. The number of ketones is 1. The fraction of sp³-hybridized carbons (Fsp3) is 0.407. The smallest absolute Gasteiger partial charge is 0.295 e. The first-order chi connectivity index (χ1) is 16.9. The molecule has 1 atom stereocenters. The Hall–Kier alpha value is -3.52. The zero-order valence-electron chi connectivity index (χ0n) is 20.5. The SMILES string of the molecule is CCCCCOc1ccc(/C(O)=C2/C(=O)C(=O)N(CCCOC)C2c2ccc(OC)c(O)c2)cc1. The molecule has 0 aliphatic carbocycles. The van der Waals surface area contributed by atoms with Crippen molar-refractivity contribution in [3.05, 3.63) is 59.2 Å². The van der Waals surface area contributed by atoms with Gasteiger partial charge in [0.15, 0.2) is 11.5 Å². The van der Waals surface area contributed by atoms with Gasteiger partial charge in [-0.15, -0.1) is 0 Å². The van der Waals surface area contributed by atoms with Gasteiger partial charge in [0.25, 0.3) is 11.7 Å². The van der Waals surface area contributed by atoms with Gasteiger partial charge in [-0.25, -0.2) is 0 Å². The van der Waals surface area contributed by atoms with Crippen LogP contribution in [0.5, 0.6) is 17.2 Å². The van der Waals surface area contributed by atoms with Crippen LogP contribution < -0.4 is 9.47 Å². The molecule has 1 unspecified atom stereocenters. The lowest BCUT2D eigenvalue weighted by molar-refractivity contribution is -0.140. The number of phenols is 1. The minimum absolute atomic E-state index is 0.0337. The van der Waals surface area contributed by atoms with Crippen molar-refractivity contribution in [2.45, 2.75) is 38.6 Å². The average molecular weight is 484 g/mol. The van der Waals surface area contributed by atoms with Crippen LogP contribution >= 0.6 is 0 Å². The van der Waals surface area contributed by atoms with Crippen LogP contribution in [0.2, 0.25) is 0 Å². The Morgan fingerprint density at radius 3 is 2.37 bits per heavy atom. The van der Waals surface area contributed by atoms with E-state index in [2.05, 4.69) is 6.92 Å². The van der Waals surface area contributed by atoms with Crippen molar-refractivity contribution in [2.75, 3.05) is 34.0 Å². The van der Waals surface area contributed by atoms with Gasteiger partial charge in [0.2, 0.25) is 0 Å². The zero-order valence-corrected chi connectivity index (χ0v) is 20.5. The van der Waals surface area contributed by atoms with Gasteiger partial charge >= 0.3 is 0 Å². The number of likely N-dealkylation sites (tertiary alicyclic amines) is 1. The summed E-state index contributed by atoms with van der Waals surface area (Å²) < 4.78 is 15.9. The van der Waals surface area contributed by atoms with Gasteiger partial charge in [0.05, 0.1) is 25.3 Å². The Kier molecular flexibility index (Phi) is 9.14. The quantitative estimate of drug-likeness (QED) is 0.199. The normalized spacial score (nSPS) is 17.1. The molecule has 1 heterocycles. The first-order valence-electron chi connectivity index (χ1n) is 11.8. The van der Waals surface area contributed by atoms with Crippen molar-refractivity contribution in [2.24, 2.45) is 0 Å². The number of aromatic hydroxyl groups is 1. The fourth-order valence-electron chi connectivity index (χ4n) is 4.12. The van der Waals surface area contributed by atoms with Crippen LogP contribution in [0.1, 0.15) is 49.8 Å². The van der Waals surface area contributed by atoms with Crippen molar-refractivity contribution in [1.82, 2.24) is 4.90 Å². The minimum Gasteiger partial charge on any atom is -0.507 e. The molecular weight excluding hydrogens is 450 g/mol. The number of hydrogen-bond acceptors (Lipinski definition) is 7. The van der Waals surface area contributed by atoms with E-state index in [0.717, 1.165) is 19.3 Å². The summed E-state index contributed by atoms with van der Waals surface area (Å²) in [5.74, 6) is -0.972. The molecule has 1 saturated heterocycles. The van der Waals surface area contributed by atoms with E-state index in [9.17, 15) is 19.8 Å². The third-order valence-corrected chi connectivity index (χ3v) is 5.95. The predicted octanol–water partition coefficient (Wildman–Crippen LogP) is 4.43.